The van der Waals surface area contributed by atoms with Gasteiger partial charge in [0.2, 0.25) is 0 Å². The molecule has 0 aliphatic carbocycles. The Hall–Kier alpha value is -1.46. The van der Waals surface area contributed by atoms with Crippen molar-refractivity contribution in [3.8, 4) is 0 Å². The fourth-order valence-corrected chi connectivity index (χ4v) is 0.933. The molecule has 0 unspecified atom stereocenters. The van der Waals surface area contributed by atoms with Gasteiger partial charge >= 0.3 is 12.2 Å². The average molecular weight is 188 g/mol. The van der Waals surface area contributed by atoms with Gasteiger partial charge in [0.25, 0.3) is 0 Å². The molecule has 0 spiro atoms. The Balaban J connectivity index is 2.43. The summed E-state index contributed by atoms with van der Waals surface area (Å²) in [6, 6.07) is -0.156. The number of amides is 2. The van der Waals surface area contributed by atoms with Crippen LogP contribution in [0, 0.1) is 0 Å². The van der Waals surface area contributed by atoms with Gasteiger partial charge < -0.3 is 9.47 Å². The zero-order valence-electron chi connectivity index (χ0n) is 7.57. The van der Waals surface area contributed by atoms with E-state index in [2.05, 4.69) is 14.9 Å². The summed E-state index contributed by atoms with van der Waals surface area (Å²) in [5, 5.41) is 1.11. The standard InChI is InChI=1S/C7H12N2O4/c1-3-12-6(10)8-9-5(2)4-13-7(9)11/h5H,3-4H2,1-2H3,(H,8,10)/t5-/m0/s1. The second kappa shape index (κ2) is 3.97. The number of ether oxygens (including phenoxy) is 2. The summed E-state index contributed by atoms with van der Waals surface area (Å²) in [5.74, 6) is 0. The van der Waals surface area contributed by atoms with Gasteiger partial charge in [-0.1, -0.05) is 0 Å². The third kappa shape index (κ3) is 2.24. The summed E-state index contributed by atoms with van der Waals surface area (Å²) in [6.07, 6.45) is -1.20. The number of carbonyl (C=O) groups is 2. The molecule has 0 bridgehead atoms. The van der Waals surface area contributed by atoms with Gasteiger partial charge in [0, 0.05) is 0 Å². The first-order valence-electron chi connectivity index (χ1n) is 4.04. The lowest BCUT2D eigenvalue weighted by molar-refractivity contribution is 0.108. The van der Waals surface area contributed by atoms with Crippen molar-refractivity contribution >= 4 is 12.2 Å². The van der Waals surface area contributed by atoms with Crippen LogP contribution in [0.5, 0.6) is 0 Å². The number of cyclic esters (lactones) is 1. The van der Waals surface area contributed by atoms with Crippen LogP contribution in [0.4, 0.5) is 9.59 Å². The Morgan fingerprint density at radius 2 is 2.54 bits per heavy atom. The van der Waals surface area contributed by atoms with Crippen LogP contribution < -0.4 is 5.43 Å². The van der Waals surface area contributed by atoms with E-state index in [0.29, 0.717) is 0 Å². The van der Waals surface area contributed by atoms with E-state index < -0.39 is 12.2 Å². The molecule has 0 saturated carbocycles. The van der Waals surface area contributed by atoms with Crippen molar-refractivity contribution in [3.63, 3.8) is 0 Å². The highest BCUT2D eigenvalue weighted by molar-refractivity contribution is 5.75. The maximum absolute atomic E-state index is 11.0. The predicted octanol–water partition coefficient (Wildman–Crippen LogP) is 0.488. The van der Waals surface area contributed by atoms with Gasteiger partial charge in [-0.05, 0) is 13.8 Å². The summed E-state index contributed by atoms with van der Waals surface area (Å²) in [4.78, 5) is 21.9. The number of nitrogens with zero attached hydrogens (tertiary/aromatic N) is 1. The fourth-order valence-electron chi connectivity index (χ4n) is 0.933. The van der Waals surface area contributed by atoms with Crippen molar-refractivity contribution in [1.29, 1.82) is 0 Å². The van der Waals surface area contributed by atoms with E-state index >= 15 is 0 Å². The highest BCUT2D eigenvalue weighted by Gasteiger charge is 2.31. The molecule has 6 nitrogen and oxygen atoms in total. The van der Waals surface area contributed by atoms with Crippen LogP contribution in [0.3, 0.4) is 0 Å². The highest BCUT2D eigenvalue weighted by Crippen LogP contribution is 2.07. The first kappa shape index (κ1) is 9.63. The molecular formula is C7H12N2O4. The van der Waals surface area contributed by atoms with Crippen LogP contribution in [0.25, 0.3) is 0 Å². The Labute approximate surface area is 75.8 Å². The maximum Gasteiger partial charge on any atom is 0.429 e. The molecule has 0 radical (unpaired) electrons. The molecule has 1 rings (SSSR count). The van der Waals surface area contributed by atoms with E-state index in [4.69, 9.17) is 0 Å². The van der Waals surface area contributed by atoms with E-state index in [1.165, 1.54) is 0 Å². The molecule has 1 fully saturated rings. The van der Waals surface area contributed by atoms with Crippen LogP contribution in [0.2, 0.25) is 0 Å². The van der Waals surface area contributed by atoms with Gasteiger partial charge in [-0.25, -0.2) is 20.0 Å². The molecule has 0 aromatic heterocycles. The molecular weight excluding hydrogens is 176 g/mol. The van der Waals surface area contributed by atoms with Gasteiger partial charge in [0.1, 0.15) is 6.61 Å². The summed E-state index contributed by atoms with van der Waals surface area (Å²) < 4.78 is 9.27. The minimum Gasteiger partial charge on any atom is -0.449 e. The zero-order chi connectivity index (χ0) is 9.84. The molecule has 2 amide bonds. The Kier molecular flexibility index (Phi) is 2.94. The van der Waals surface area contributed by atoms with Crippen LogP contribution in [-0.2, 0) is 9.47 Å². The SMILES string of the molecule is CCOC(=O)NN1C(=O)OC[C@@H]1C. The second-order valence-corrected chi connectivity index (χ2v) is 2.63. The molecule has 1 heterocycles. The minimum atomic E-state index is -0.645. The Bertz CT molecular complexity index is 219. The van der Waals surface area contributed by atoms with Crippen LogP contribution >= 0.6 is 0 Å². The van der Waals surface area contributed by atoms with Crippen LogP contribution in [-0.4, -0.2) is 36.5 Å². The normalized spacial score (nSPS) is 21.2. The number of hydrogen-bond donors (Lipinski definition) is 1. The molecule has 6 heteroatoms. The zero-order valence-corrected chi connectivity index (χ0v) is 7.57. The second-order valence-electron chi connectivity index (χ2n) is 2.63. The maximum atomic E-state index is 11.0. The fraction of sp³-hybridized carbons (Fsp3) is 0.714. The van der Waals surface area contributed by atoms with E-state index in [-0.39, 0.29) is 19.3 Å². The van der Waals surface area contributed by atoms with Crippen LogP contribution in [0.1, 0.15) is 13.8 Å². The third-order valence-corrected chi connectivity index (χ3v) is 1.57. The first-order chi connectivity index (χ1) is 6.15. The summed E-state index contributed by atoms with van der Waals surface area (Å²) >= 11 is 0. The van der Waals surface area contributed by atoms with Crippen molar-refractivity contribution in [2.45, 2.75) is 19.9 Å². The molecule has 0 aromatic rings. The monoisotopic (exact) mass is 188 g/mol. The molecule has 0 aromatic carbocycles. The topological polar surface area (TPSA) is 67.9 Å². The quantitative estimate of drug-likeness (QED) is 0.684. The Morgan fingerprint density at radius 1 is 1.85 bits per heavy atom. The number of nitrogens with one attached hydrogen (secondary N) is 1. The highest BCUT2D eigenvalue weighted by atomic mass is 16.6. The summed E-state index contributed by atoms with van der Waals surface area (Å²) in [7, 11) is 0. The van der Waals surface area contributed by atoms with Gasteiger partial charge in [-0.15, -0.1) is 0 Å². The average Bonchev–Trinajstić information content (AvgIpc) is 2.36. The van der Waals surface area contributed by atoms with Crippen molar-refractivity contribution in [1.82, 2.24) is 10.4 Å². The lowest BCUT2D eigenvalue weighted by Crippen LogP contribution is -2.46. The molecule has 1 aliphatic rings. The molecule has 1 N–H and O–H groups in total. The van der Waals surface area contributed by atoms with Gasteiger partial charge in [-0.3, -0.25) is 0 Å². The molecule has 1 saturated heterocycles. The lowest BCUT2D eigenvalue weighted by atomic mass is 10.4. The van der Waals surface area contributed by atoms with Gasteiger partial charge in [0.05, 0.1) is 12.6 Å². The molecule has 13 heavy (non-hydrogen) atoms. The lowest BCUT2D eigenvalue weighted by Gasteiger charge is -2.17. The smallest absolute Gasteiger partial charge is 0.429 e. The number of hydrogen-bond acceptors (Lipinski definition) is 4. The largest absolute Gasteiger partial charge is 0.449 e. The molecule has 74 valence electrons. The number of rotatable bonds is 2. The molecule has 1 atom stereocenters. The van der Waals surface area contributed by atoms with Crippen molar-refractivity contribution in [2.75, 3.05) is 13.2 Å². The van der Waals surface area contributed by atoms with E-state index in [0.717, 1.165) is 5.01 Å². The first-order valence-corrected chi connectivity index (χ1v) is 4.04. The van der Waals surface area contributed by atoms with Crippen molar-refractivity contribution in [3.05, 3.63) is 0 Å². The van der Waals surface area contributed by atoms with E-state index in [1.54, 1.807) is 13.8 Å². The number of hydrazine groups is 1. The van der Waals surface area contributed by atoms with Crippen LogP contribution in [0.15, 0.2) is 0 Å². The summed E-state index contributed by atoms with van der Waals surface area (Å²) in [6.45, 7) is 4.00. The van der Waals surface area contributed by atoms with Crippen molar-refractivity contribution < 1.29 is 19.1 Å². The number of carbonyl (C=O) groups excluding carboxylic acids is 2. The van der Waals surface area contributed by atoms with E-state index in [9.17, 15) is 9.59 Å². The predicted molar refractivity (Wildman–Crippen MR) is 42.8 cm³/mol. The van der Waals surface area contributed by atoms with E-state index in [1.807, 2.05) is 0 Å². The van der Waals surface area contributed by atoms with Gasteiger partial charge in [-0.2, -0.15) is 0 Å². The third-order valence-electron chi connectivity index (χ3n) is 1.57. The summed E-state index contributed by atoms with van der Waals surface area (Å²) in [5.41, 5.74) is 2.28. The van der Waals surface area contributed by atoms with Crippen molar-refractivity contribution in [2.24, 2.45) is 0 Å². The molecule has 1 aliphatic heterocycles. The minimum absolute atomic E-state index is 0.156. The Morgan fingerprint density at radius 3 is 3.00 bits per heavy atom. The van der Waals surface area contributed by atoms with Gasteiger partial charge in [0.15, 0.2) is 0 Å².